The first-order valence-electron chi connectivity index (χ1n) is 9.48. The normalized spacial score (nSPS) is 26.4. The highest BCUT2D eigenvalue weighted by Gasteiger charge is 2.23. The molecular weight excluding hydrogens is 254 g/mol. The second-order valence-corrected chi connectivity index (χ2v) is 7.70. The van der Waals surface area contributed by atoms with Crippen molar-refractivity contribution in [3.05, 3.63) is 12.2 Å². The lowest BCUT2D eigenvalue weighted by Crippen LogP contribution is -2.24. The van der Waals surface area contributed by atoms with Crippen LogP contribution in [0.1, 0.15) is 85.5 Å². The average Bonchev–Trinajstić information content (AvgIpc) is 2.49. The van der Waals surface area contributed by atoms with Gasteiger partial charge < -0.3 is 5.73 Å². The fraction of sp³-hybridized carbons (Fsp3) is 0.900. The molecule has 0 radical (unpaired) electrons. The highest BCUT2D eigenvalue weighted by atomic mass is 14.6. The lowest BCUT2D eigenvalue weighted by atomic mass is 9.75. The summed E-state index contributed by atoms with van der Waals surface area (Å²) in [7, 11) is 0. The van der Waals surface area contributed by atoms with Gasteiger partial charge in [-0.05, 0) is 36.5 Å². The zero-order valence-corrected chi connectivity index (χ0v) is 15.0. The Morgan fingerprint density at radius 3 is 2.19 bits per heavy atom. The Balaban J connectivity index is 2.22. The standard InChI is InChI=1S/C20H39N/c1-5-6-7-8-9-18-11-13-19(14-12-18)17(4)10-15-20(21)16(2)3/h10,15-20H,5-9,11-14,21H2,1-4H3/b15-10-. The topological polar surface area (TPSA) is 26.0 Å². The molecule has 1 rings (SSSR count). The monoisotopic (exact) mass is 293 g/mol. The maximum Gasteiger partial charge on any atom is 0.0247 e. The summed E-state index contributed by atoms with van der Waals surface area (Å²) in [5.41, 5.74) is 6.11. The Morgan fingerprint density at radius 1 is 0.952 bits per heavy atom. The average molecular weight is 294 g/mol. The van der Waals surface area contributed by atoms with E-state index in [1.54, 1.807) is 0 Å². The first-order valence-corrected chi connectivity index (χ1v) is 9.48. The zero-order valence-electron chi connectivity index (χ0n) is 15.0. The molecule has 2 unspecified atom stereocenters. The van der Waals surface area contributed by atoms with Crippen LogP contribution in [-0.2, 0) is 0 Å². The van der Waals surface area contributed by atoms with Gasteiger partial charge >= 0.3 is 0 Å². The van der Waals surface area contributed by atoms with E-state index in [0.717, 1.165) is 11.8 Å². The molecule has 2 N–H and O–H groups in total. The van der Waals surface area contributed by atoms with Crippen molar-refractivity contribution in [3.8, 4) is 0 Å². The molecule has 21 heavy (non-hydrogen) atoms. The van der Waals surface area contributed by atoms with Gasteiger partial charge in [-0.1, -0.05) is 84.8 Å². The van der Waals surface area contributed by atoms with Crippen LogP contribution in [0.5, 0.6) is 0 Å². The minimum atomic E-state index is 0.224. The second-order valence-electron chi connectivity index (χ2n) is 7.70. The number of rotatable bonds is 9. The molecule has 0 aromatic heterocycles. The SMILES string of the molecule is CCCCCCC1CCC(C(C)/C=C\C(N)C(C)C)CC1. The number of nitrogens with two attached hydrogens (primary N) is 1. The highest BCUT2D eigenvalue weighted by Crippen LogP contribution is 2.36. The van der Waals surface area contributed by atoms with Crippen molar-refractivity contribution in [2.24, 2.45) is 29.4 Å². The van der Waals surface area contributed by atoms with E-state index in [1.165, 1.54) is 57.8 Å². The molecular formula is C20H39N. The number of allylic oxidation sites excluding steroid dienone is 1. The summed E-state index contributed by atoms with van der Waals surface area (Å²) in [6.45, 7) is 9.08. The molecule has 0 aliphatic heterocycles. The predicted molar refractivity (Wildman–Crippen MR) is 95.3 cm³/mol. The minimum Gasteiger partial charge on any atom is -0.324 e. The Kier molecular flexibility index (Phi) is 9.31. The van der Waals surface area contributed by atoms with Crippen LogP contribution in [0.4, 0.5) is 0 Å². The fourth-order valence-corrected chi connectivity index (χ4v) is 3.55. The van der Waals surface area contributed by atoms with Gasteiger partial charge in [0.1, 0.15) is 0 Å². The van der Waals surface area contributed by atoms with Crippen molar-refractivity contribution in [1.82, 2.24) is 0 Å². The fourth-order valence-electron chi connectivity index (χ4n) is 3.55. The maximum absolute atomic E-state index is 6.11. The first kappa shape index (κ1) is 18.7. The van der Waals surface area contributed by atoms with Gasteiger partial charge in [0.15, 0.2) is 0 Å². The van der Waals surface area contributed by atoms with E-state index >= 15 is 0 Å². The van der Waals surface area contributed by atoms with E-state index in [9.17, 15) is 0 Å². The van der Waals surface area contributed by atoms with Gasteiger partial charge in [0.2, 0.25) is 0 Å². The van der Waals surface area contributed by atoms with Crippen LogP contribution >= 0.6 is 0 Å². The maximum atomic E-state index is 6.11. The molecule has 0 saturated heterocycles. The van der Waals surface area contributed by atoms with Crippen molar-refractivity contribution in [3.63, 3.8) is 0 Å². The molecule has 1 fully saturated rings. The van der Waals surface area contributed by atoms with E-state index in [4.69, 9.17) is 5.73 Å². The lowest BCUT2D eigenvalue weighted by Gasteiger charge is -2.31. The number of hydrogen-bond acceptors (Lipinski definition) is 1. The van der Waals surface area contributed by atoms with Crippen LogP contribution in [0.3, 0.4) is 0 Å². The van der Waals surface area contributed by atoms with Crippen molar-refractivity contribution in [2.75, 3.05) is 0 Å². The summed E-state index contributed by atoms with van der Waals surface area (Å²) in [6.07, 6.45) is 17.6. The van der Waals surface area contributed by atoms with Crippen LogP contribution in [0.25, 0.3) is 0 Å². The molecule has 0 heterocycles. The highest BCUT2D eigenvalue weighted by molar-refractivity contribution is 4.97. The minimum absolute atomic E-state index is 0.224. The van der Waals surface area contributed by atoms with Crippen LogP contribution in [0.2, 0.25) is 0 Å². The van der Waals surface area contributed by atoms with E-state index in [-0.39, 0.29) is 6.04 Å². The number of hydrogen-bond donors (Lipinski definition) is 1. The summed E-state index contributed by atoms with van der Waals surface area (Å²) >= 11 is 0. The zero-order chi connectivity index (χ0) is 15.7. The Hall–Kier alpha value is -0.300. The quantitative estimate of drug-likeness (QED) is 0.413. The van der Waals surface area contributed by atoms with Gasteiger partial charge in [0.05, 0.1) is 0 Å². The Bertz CT molecular complexity index is 274. The van der Waals surface area contributed by atoms with Gasteiger partial charge in [0.25, 0.3) is 0 Å². The van der Waals surface area contributed by atoms with Crippen molar-refractivity contribution in [2.45, 2.75) is 91.5 Å². The third kappa shape index (κ3) is 7.49. The molecule has 0 aromatic carbocycles. The van der Waals surface area contributed by atoms with Gasteiger partial charge in [-0.15, -0.1) is 0 Å². The van der Waals surface area contributed by atoms with Crippen molar-refractivity contribution >= 4 is 0 Å². The Morgan fingerprint density at radius 2 is 1.62 bits per heavy atom. The lowest BCUT2D eigenvalue weighted by molar-refractivity contribution is 0.226. The molecule has 1 nitrogen and oxygen atoms in total. The van der Waals surface area contributed by atoms with Gasteiger partial charge in [-0.25, -0.2) is 0 Å². The molecule has 1 heteroatoms. The Labute approximate surface area is 133 Å². The first-order chi connectivity index (χ1) is 10.0. The van der Waals surface area contributed by atoms with Crippen molar-refractivity contribution < 1.29 is 0 Å². The summed E-state index contributed by atoms with van der Waals surface area (Å²) in [6, 6.07) is 0.224. The summed E-state index contributed by atoms with van der Waals surface area (Å²) in [4.78, 5) is 0. The molecule has 1 aliphatic carbocycles. The molecule has 1 aliphatic rings. The molecule has 0 spiro atoms. The largest absolute Gasteiger partial charge is 0.324 e. The predicted octanol–water partition coefficient (Wildman–Crippen LogP) is 5.94. The van der Waals surface area contributed by atoms with Crippen LogP contribution in [0, 0.1) is 23.7 Å². The van der Waals surface area contributed by atoms with Gasteiger partial charge in [-0.3, -0.25) is 0 Å². The van der Waals surface area contributed by atoms with E-state index < -0.39 is 0 Å². The van der Waals surface area contributed by atoms with Crippen LogP contribution in [0.15, 0.2) is 12.2 Å². The van der Waals surface area contributed by atoms with Crippen molar-refractivity contribution in [1.29, 1.82) is 0 Å². The summed E-state index contributed by atoms with van der Waals surface area (Å²) < 4.78 is 0. The third-order valence-corrected chi connectivity index (χ3v) is 5.51. The molecule has 2 atom stereocenters. The molecule has 0 bridgehead atoms. The third-order valence-electron chi connectivity index (χ3n) is 5.51. The smallest absolute Gasteiger partial charge is 0.0247 e. The van der Waals surface area contributed by atoms with E-state index in [1.807, 2.05) is 0 Å². The van der Waals surface area contributed by atoms with Gasteiger partial charge in [-0.2, -0.15) is 0 Å². The molecule has 0 amide bonds. The summed E-state index contributed by atoms with van der Waals surface area (Å²) in [5.74, 6) is 3.17. The van der Waals surface area contributed by atoms with E-state index in [2.05, 4.69) is 39.8 Å². The molecule has 124 valence electrons. The number of unbranched alkanes of at least 4 members (excludes halogenated alkanes) is 3. The second kappa shape index (κ2) is 10.4. The van der Waals surface area contributed by atoms with E-state index in [0.29, 0.717) is 11.8 Å². The molecule has 1 saturated carbocycles. The van der Waals surface area contributed by atoms with Crippen LogP contribution < -0.4 is 5.73 Å². The van der Waals surface area contributed by atoms with Crippen LogP contribution in [-0.4, -0.2) is 6.04 Å². The summed E-state index contributed by atoms with van der Waals surface area (Å²) in [5, 5.41) is 0. The molecule has 0 aromatic rings. The van der Waals surface area contributed by atoms with Gasteiger partial charge in [0, 0.05) is 6.04 Å².